The number of carbonyl (C=O) groups is 1. The smallest absolute Gasteiger partial charge is 0.250 e. The molecule has 1 aromatic rings. The quantitative estimate of drug-likeness (QED) is 0.749. The van der Waals surface area contributed by atoms with Crippen LogP contribution in [0.4, 0.5) is 0 Å². The van der Waals surface area contributed by atoms with Gasteiger partial charge in [-0.1, -0.05) is 31.5 Å². The third kappa shape index (κ3) is 4.90. The third-order valence-electron chi connectivity index (χ3n) is 3.32. The van der Waals surface area contributed by atoms with E-state index in [9.17, 15) is 4.79 Å². The third-order valence-corrected chi connectivity index (χ3v) is 3.32. The van der Waals surface area contributed by atoms with Crippen molar-refractivity contribution in [2.24, 2.45) is 0 Å². The van der Waals surface area contributed by atoms with Crippen LogP contribution in [0, 0.1) is 0 Å². The largest absolute Gasteiger partial charge is 0.488 e. The highest BCUT2D eigenvalue weighted by atomic mass is 16.5. The molecule has 0 radical (unpaired) electrons. The second-order valence-electron chi connectivity index (χ2n) is 5.07. The van der Waals surface area contributed by atoms with Crippen LogP contribution in [-0.2, 0) is 9.53 Å². The Kier molecular flexibility index (Phi) is 6.28. The molecule has 0 aliphatic carbocycles. The molecule has 21 heavy (non-hydrogen) atoms. The van der Waals surface area contributed by atoms with Crippen LogP contribution in [0.1, 0.15) is 31.7 Å². The average molecular weight is 289 g/mol. The number of fused-ring (bicyclic) bond motifs is 1. The second-order valence-corrected chi connectivity index (χ2v) is 5.07. The van der Waals surface area contributed by atoms with Gasteiger partial charge in [0, 0.05) is 25.3 Å². The number of ether oxygens (including phenoxy) is 2. The van der Waals surface area contributed by atoms with Crippen LogP contribution in [0.5, 0.6) is 5.75 Å². The SMILES string of the molecule is CCCCOCCCNC(=O)C1=Cc2ccccc2OC1. The van der Waals surface area contributed by atoms with Crippen LogP contribution in [0.3, 0.4) is 0 Å². The van der Waals surface area contributed by atoms with Gasteiger partial charge in [-0.25, -0.2) is 0 Å². The van der Waals surface area contributed by atoms with E-state index in [1.165, 1.54) is 0 Å². The van der Waals surface area contributed by atoms with E-state index >= 15 is 0 Å². The van der Waals surface area contributed by atoms with Crippen molar-refractivity contribution < 1.29 is 14.3 Å². The number of unbranched alkanes of at least 4 members (excludes halogenated alkanes) is 1. The van der Waals surface area contributed by atoms with E-state index in [-0.39, 0.29) is 5.91 Å². The average Bonchev–Trinajstić information content (AvgIpc) is 2.53. The Morgan fingerprint density at radius 1 is 1.29 bits per heavy atom. The fourth-order valence-corrected chi connectivity index (χ4v) is 2.09. The number of hydrogen-bond donors (Lipinski definition) is 1. The maximum absolute atomic E-state index is 12.0. The topological polar surface area (TPSA) is 47.6 Å². The number of carbonyl (C=O) groups excluding carboxylic acids is 1. The lowest BCUT2D eigenvalue weighted by molar-refractivity contribution is -0.117. The summed E-state index contributed by atoms with van der Waals surface area (Å²) in [5.74, 6) is 0.774. The minimum atomic E-state index is -0.0574. The molecule has 1 aromatic carbocycles. The van der Waals surface area contributed by atoms with Crippen LogP contribution < -0.4 is 10.1 Å². The maximum atomic E-state index is 12.0. The minimum absolute atomic E-state index is 0.0574. The summed E-state index contributed by atoms with van der Waals surface area (Å²) in [6.45, 7) is 4.60. The molecule has 0 spiro atoms. The maximum Gasteiger partial charge on any atom is 0.250 e. The van der Waals surface area contributed by atoms with Crippen molar-refractivity contribution in [2.45, 2.75) is 26.2 Å². The van der Waals surface area contributed by atoms with E-state index in [2.05, 4.69) is 12.2 Å². The van der Waals surface area contributed by atoms with E-state index in [1.807, 2.05) is 30.3 Å². The highest BCUT2D eigenvalue weighted by molar-refractivity contribution is 5.99. The Hall–Kier alpha value is -1.81. The Labute approximate surface area is 126 Å². The number of amides is 1. The van der Waals surface area contributed by atoms with Crippen molar-refractivity contribution in [3.8, 4) is 5.75 Å². The first kappa shape index (κ1) is 15.6. The first-order chi connectivity index (χ1) is 10.3. The molecule has 2 rings (SSSR count). The summed E-state index contributed by atoms with van der Waals surface area (Å²) in [5.41, 5.74) is 1.62. The zero-order chi connectivity index (χ0) is 14.9. The fraction of sp³-hybridized carbons (Fsp3) is 0.471. The molecule has 1 amide bonds. The summed E-state index contributed by atoms with van der Waals surface area (Å²) in [7, 11) is 0. The van der Waals surface area contributed by atoms with Gasteiger partial charge >= 0.3 is 0 Å². The predicted octanol–water partition coefficient (Wildman–Crippen LogP) is 2.79. The van der Waals surface area contributed by atoms with Crippen molar-refractivity contribution in [3.63, 3.8) is 0 Å². The summed E-state index contributed by atoms with van der Waals surface area (Å²) in [4.78, 5) is 12.0. The van der Waals surface area contributed by atoms with Crippen molar-refractivity contribution in [1.82, 2.24) is 5.32 Å². The van der Waals surface area contributed by atoms with Gasteiger partial charge in [-0.2, -0.15) is 0 Å². The highest BCUT2D eigenvalue weighted by Crippen LogP contribution is 2.25. The number of hydrogen-bond acceptors (Lipinski definition) is 3. The molecule has 1 aliphatic heterocycles. The molecule has 0 unspecified atom stereocenters. The van der Waals surface area contributed by atoms with E-state index in [1.54, 1.807) is 0 Å². The van der Waals surface area contributed by atoms with Gasteiger partial charge in [0.1, 0.15) is 12.4 Å². The lowest BCUT2D eigenvalue weighted by Gasteiger charge is -2.17. The zero-order valence-corrected chi connectivity index (χ0v) is 12.6. The van der Waals surface area contributed by atoms with Crippen LogP contribution in [0.2, 0.25) is 0 Å². The molecule has 1 heterocycles. The molecular weight excluding hydrogens is 266 g/mol. The molecule has 0 fully saturated rings. The lowest BCUT2D eigenvalue weighted by atomic mass is 10.1. The molecule has 1 aliphatic rings. The lowest BCUT2D eigenvalue weighted by Crippen LogP contribution is -2.29. The Bertz CT molecular complexity index is 497. The van der Waals surface area contributed by atoms with Gasteiger partial charge in [-0.05, 0) is 25.0 Å². The van der Waals surface area contributed by atoms with Crippen LogP contribution in [-0.4, -0.2) is 32.3 Å². The van der Waals surface area contributed by atoms with Gasteiger partial charge in [0.15, 0.2) is 0 Å². The number of benzene rings is 1. The molecule has 0 bridgehead atoms. The Morgan fingerprint density at radius 2 is 2.10 bits per heavy atom. The van der Waals surface area contributed by atoms with Crippen molar-refractivity contribution >= 4 is 12.0 Å². The summed E-state index contributed by atoms with van der Waals surface area (Å²) in [6.07, 6.45) is 4.97. The molecular formula is C17H23NO3. The molecule has 0 atom stereocenters. The van der Waals surface area contributed by atoms with Gasteiger partial charge in [-0.3, -0.25) is 4.79 Å². The first-order valence-electron chi connectivity index (χ1n) is 7.59. The number of nitrogens with one attached hydrogen (secondary N) is 1. The van der Waals surface area contributed by atoms with E-state index in [4.69, 9.17) is 9.47 Å². The predicted molar refractivity (Wildman–Crippen MR) is 83.3 cm³/mol. The van der Waals surface area contributed by atoms with Gasteiger partial charge in [0.05, 0.1) is 5.57 Å². The highest BCUT2D eigenvalue weighted by Gasteiger charge is 2.16. The molecule has 114 valence electrons. The number of para-hydroxylation sites is 1. The normalized spacial score (nSPS) is 13.1. The molecule has 1 N–H and O–H groups in total. The van der Waals surface area contributed by atoms with Gasteiger partial charge in [0.25, 0.3) is 5.91 Å². The van der Waals surface area contributed by atoms with Crippen LogP contribution >= 0.6 is 0 Å². The monoisotopic (exact) mass is 289 g/mol. The second kappa shape index (κ2) is 8.47. The van der Waals surface area contributed by atoms with Crippen molar-refractivity contribution in [2.75, 3.05) is 26.4 Å². The minimum Gasteiger partial charge on any atom is -0.488 e. The zero-order valence-electron chi connectivity index (χ0n) is 12.6. The van der Waals surface area contributed by atoms with Gasteiger partial charge in [-0.15, -0.1) is 0 Å². The standard InChI is InChI=1S/C17H23NO3/c1-2-3-10-20-11-6-9-18-17(19)15-12-14-7-4-5-8-16(14)21-13-15/h4-5,7-8,12H,2-3,6,9-11,13H2,1H3,(H,18,19). The van der Waals surface area contributed by atoms with E-state index in [0.717, 1.165) is 37.2 Å². The van der Waals surface area contributed by atoms with Crippen LogP contribution in [0.25, 0.3) is 6.08 Å². The summed E-state index contributed by atoms with van der Waals surface area (Å²) >= 11 is 0. The fourth-order valence-electron chi connectivity index (χ4n) is 2.09. The first-order valence-corrected chi connectivity index (χ1v) is 7.59. The molecule has 0 aromatic heterocycles. The summed E-state index contributed by atoms with van der Waals surface area (Å²) < 4.78 is 11.0. The van der Waals surface area contributed by atoms with E-state index in [0.29, 0.717) is 25.3 Å². The van der Waals surface area contributed by atoms with Crippen molar-refractivity contribution in [1.29, 1.82) is 0 Å². The van der Waals surface area contributed by atoms with Crippen LogP contribution in [0.15, 0.2) is 29.8 Å². The molecule has 4 heteroatoms. The van der Waals surface area contributed by atoms with Gasteiger partial charge < -0.3 is 14.8 Å². The molecule has 0 saturated heterocycles. The van der Waals surface area contributed by atoms with E-state index < -0.39 is 0 Å². The molecule has 0 saturated carbocycles. The molecule has 4 nitrogen and oxygen atoms in total. The Balaban J connectivity index is 1.71. The summed E-state index contributed by atoms with van der Waals surface area (Å²) in [6, 6.07) is 7.72. The van der Waals surface area contributed by atoms with Crippen molar-refractivity contribution in [3.05, 3.63) is 35.4 Å². The summed E-state index contributed by atoms with van der Waals surface area (Å²) in [5, 5.41) is 2.91. The number of rotatable bonds is 8. The Morgan fingerprint density at radius 3 is 2.95 bits per heavy atom. The van der Waals surface area contributed by atoms with Gasteiger partial charge in [0.2, 0.25) is 0 Å².